The van der Waals surface area contributed by atoms with Crippen LogP contribution in [0.25, 0.3) is 0 Å². The van der Waals surface area contributed by atoms with Crippen LogP contribution in [0, 0.1) is 0 Å². The first kappa shape index (κ1) is 9.52. The molecule has 64 valence electrons. The molecule has 1 aromatic rings. The van der Waals surface area contributed by atoms with E-state index in [2.05, 4.69) is 37.3 Å². The maximum Gasteiger partial charge on any atom is 0.0807 e. The monoisotopic (exact) mass is 176 g/mol. The van der Waals surface area contributed by atoms with Crippen molar-refractivity contribution in [2.75, 3.05) is 0 Å². The summed E-state index contributed by atoms with van der Waals surface area (Å²) < 4.78 is 0. The SMILES string of the molecule is CCCCC[Si]c1ccccc1. The lowest BCUT2D eigenvalue weighted by atomic mass is 10.3. The molecule has 0 aliphatic heterocycles. The van der Waals surface area contributed by atoms with Gasteiger partial charge in [0.15, 0.2) is 0 Å². The van der Waals surface area contributed by atoms with Crippen molar-refractivity contribution < 1.29 is 0 Å². The Hall–Kier alpha value is -0.563. The van der Waals surface area contributed by atoms with Gasteiger partial charge >= 0.3 is 0 Å². The van der Waals surface area contributed by atoms with Gasteiger partial charge in [-0.3, -0.25) is 0 Å². The highest BCUT2D eigenvalue weighted by Crippen LogP contribution is 1.98. The summed E-state index contributed by atoms with van der Waals surface area (Å²) in [7, 11) is 1.01. The molecule has 1 rings (SSSR count). The minimum absolute atomic E-state index is 1.01. The molecule has 0 saturated carbocycles. The molecule has 0 saturated heterocycles. The molecule has 1 heteroatoms. The Morgan fingerprint density at radius 3 is 2.50 bits per heavy atom. The second-order valence-electron chi connectivity index (χ2n) is 3.00. The van der Waals surface area contributed by atoms with Crippen molar-refractivity contribution in [2.45, 2.75) is 32.2 Å². The molecule has 0 nitrogen and oxygen atoms in total. The van der Waals surface area contributed by atoms with Crippen LogP contribution in [-0.2, 0) is 0 Å². The molecule has 2 radical (unpaired) electrons. The van der Waals surface area contributed by atoms with Gasteiger partial charge in [0.25, 0.3) is 0 Å². The van der Waals surface area contributed by atoms with Gasteiger partial charge in [-0.2, -0.15) is 0 Å². The van der Waals surface area contributed by atoms with Crippen LogP contribution in [-0.4, -0.2) is 9.52 Å². The van der Waals surface area contributed by atoms with E-state index in [0.29, 0.717) is 0 Å². The topological polar surface area (TPSA) is 0 Å². The fourth-order valence-electron chi connectivity index (χ4n) is 1.16. The molecule has 0 unspecified atom stereocenters. The van der Waals surface area contributed by atoms with Crippen LogP contribution in [0.3, 0.4) is 0 Å². The average Bonchev–Trinajstić information content (AvgIpc) is 2.14. The van der Waals surface area contributed by atoms with Crippen molar-refractivity contribution in [3.63, 3.8) is 0 Å². The summed E-state index contributed by atoms with van der Waals surface area (Å²) in [4.78, 5) is 0. The number of benzene rings is 1. The summed E-state index contributed by atoms with van der Waals surface area (Å²) in [5.41, 5.74) is 0. The average molecular weight is 176 g/mol. The van der Waals surface area contributed by atoms with E-state index in [-0.39, 0.29) is 0 Å². The van der Waals surface area contributed by atoms with Gasteiger partial charge in [-0.1, -0.05) is 67.7 Å². The van der Waals surface area contributed by atoms with E-state index in [1.807, 2.05) is 0 Å². The number of hydrogen-bond donors (Lipinski definition) is 0. The van der Waals surface area contributed by atoms with E-state index in [1.54, 1.807) is 0 Å². The van der Waals surface area contributed by atoms with E-state index >= 15 is 0 Å². The van der Waals surface area contributed by atoms with Gasteiger partial charge in [0.1, 0.15) is 0 Å². The molecule has 0 fully saturated rings. The molecule has 0 heterocycles. The minimum atomic E-state index is 1.01. The highest BCUT2D eigenvalue weighted by atomic mass is 28.2. The fourth-order valence-corrected chi connectivity index (χ4v) is 2.31. The van der Waals surface area contributed by atoms with Gasteiger partial charge in [-0.15, -0.1) is 0 Å². The summed E-state index contributed by atoms with van der Waals surface area (Å²) in [6.07, 6.45) is 4.11. The highest BCUT2D eigenvalue weighted by Gasteiger charge is 1.92. The Kier molecular flexibility index (Phi) is 4.77. The van der Waals surface area contributed by atoms with Gasteiger partial charge < -0.3 is 0 Å². The number of unbranched alkanes of at least 4 members (excludes halogenated alkanes) is 2. The van der Waals surface area contributed by atoms with Crippen LogP contribution >= 0.6 is 0 Å². The summed E-state index contributed by atoms with van der Waals surface area (Å²) in [6.45, 7) is 2.26. The maximum absolute atomic E-state index is 2.26. The molecule has 12 heavy (non-hydrogen) atoms. The minimum Gasteiger partial charge on any atom is -0.0654 e. The van der Waals surface area contributed by atoms with Gasteiger partial charge in [0.05, 0.1) is 9.52 Å². The van der Waals surface area contributed by atoms with Crippen LogP contribution in [0.5, 0.6) is 0 Å². The van der Waals surface area contributed by atoms with Crippen LogP contribution in [0.2, 0.25) is 6.04 Å². The standard InChI is InChI=1S/C11H16Si/c1-2-3-7-10-12-11-8-5-4-6-9-11/h4-6,8-9H,2-3,7,10H2,1H3. The van der Waals surface area contributed by atoms with E-state index in [4.69, 9.17) is 0 Å². The lowest BCUT2D eigenvalue weighted by molar-refractivity contribution is 0.769. The first-order valence-corrected chi connectivity index (χ1v) is 5.93. The summed E-state index contributed by atoms with van der Waals surface area (Å²) >= 11 is 0. The lowest BCUT2D eigenvalue weighted by Gasteiger charge is -1.98. The smallest absolute Gasteiger partial charge is 0.0654 e. The molecule has 0 aliphatic rings. The Morgan fingerprint density at radius 2 is 1.83 bits per heavy atom. The zero-order valence-corrected chi connectivity index (χ0v) is 8.72. The lowest BCUT2D eigenvalue weighted by Crippen LogP contribution is -2.12. The Bertz CT molecular complexity index is 193. The molecule has 0 atom stereocenters. The molecule has 0 amide bonds. The van der Waals surface area contributed by atoms with Crippen LogP contribution in [0.1, 0.15) is 26.2 Å². The Labute approximate surface area is 77.8 Å². The normalized spacial score (nSPS) is 10.1. The van der Waals surface area contributed by atoms with E-state index in [1.165, 1.54) is 30.5 Å². The second kappa shape index (κ2) is 6.01. The highest BCUT2D eigenvalue weighted by molar-refractivity contribution is 6.53. The van der Waals surface area contributed by atoms with Gasteiger partial charge in [0, 0.05) is 0 Å². The van der Waals surface area contributed by atoms with Crippen molar-refractivity contribution in [3.05, 3.63) is 30.3 Å². The predicted molar refractivity (Wildman–Crippen MR) is 56.2 cm³/mol. The molecular formula is C11H16Si. The quantitative estimate of drug-likeness (QED) is 0.478. The molecule has 0 aromatic heterocycles. The first-order valence-electron chi connectivity index (χ1n) is 4.72. The van der Waals surface area contributed by atoms with Crippen molar-refractivity contribution in [1.82, 2.24) is 0 Å². The summed E-state index contributed by atoms with van der Waals surface area (Å²) in [5.74, 6) is 0. The van der Waals surface area contributed by atoms with E-state index in [0.717, 1.165) is 9.52 Å². The number of rotatable bonds is 5. The molecule has 1 aromatic carbocycles. The van der Waals surface area contributed by atoms with Crippen molar-refractivity contribution in [2.24, 2.45) is 0 Å². The van der Waals surface area contributed by atoms with E-state index in [9.17, 15) is 0 Å². The third-order valence-corrected chi connectivity index (χ3v) is 3.23. The fraction of sp³-hybridized carbons (Fsp3) is 0.455. The third kappa shape index (κ3) is 3.72. The second-order valence-corrected chi connectivity index (χ2v) is 4.43. The molecule has 0 bridgehead atoms. The zero-order chi connectivity index (χ0) is 8.65. The molecule has 0 N–H and O–H groups in total. The zero-order valence-electron chi connectivity index (χ0n) is 7.72. The van der Waals surface area contributed by atoms with Crippen molar-refractivity contribution in [3.8, 4) is 0 Å². The van der Waals surface area contributed by atoms with E-state index < -0.39 is 0 Å². The third-order valence-electron chi connectivity index (χ3n) is 1.88. The summed E-state index contributed by atoms with van der Waals surface area (Å²) in [6, 6.07) is 12.2. The Morgan fingerprint density at radius 1 is 1.08 bits per heavy atom. The molecule has 0 spiro atoms. The summed E-state index contributed by atoms with van der Waals surface area (Å²) in [5, 5.41) is 1.51. The predicted octanol–water partition coefficient (Wildman–Crippen LogP) is 2.62. The van der Waals surface area contributed by atoms with Crippen LogP contribution in [0.4, 0.5) is 0 Å². The maximum atomic E-state index is 2.26. The molecular weight excluding hydrogens is 160 g/mol. The van der Waals surface area contributed by atoms with Gasteiger partial charge in [0.2, 0.25) is 0 Å². The van der Waals surface area contributed by atoms with Crippen LogP contribution < -0.4 is 5.19 Å². The first-order chi connectivity index (χ1) is 5.93. The van der Waals surface area contributed by atoms with Crippen molar-refractivity contribution >= 4 is 14.7 Å². The number of hydrogen-bond acceptors (Lipinski definition) is 0. The van der Waals surface area contributed by atoms with Gasteiger partial charge in [-0.05, 0) is 0 Å². The van der Waals surface area contributed by atoms with Crippen LogP contribution in [0.15, 0.2) is 30.3 Å². The largest absolute Gasteiger partial charge is 0.0807 e. The van der Waals surface area contributed by atoms with Gasteiger partial charge in [-0.25, -0.2) is 0 Å². The molecule has 0 aliphatic carbocycles. The van der Waals surface area contributed by atoms with Crippen molar-refractivity contribution in [1.29, 1.82) is 0 Å². The Balaban J connectivity index is 2.16.